The summed E-state index contributed by atoms with van der Waals surface area (Å²) >= 11 is 0. The zero-order valence-electron chi connectivity index (χ0n) is 13.3. The number of fused-ring (bicyclic) bond motifs is 1. The molecule has 0 bridgehead atoms. The summed E-state index contributed by atoms with van der Waals surface area (Å²) in [5.74, 6) is 0. The van der Waals surface area contributed by atoms with Gasteiger partial charge in [0, 0.05) is 49.4 Å². The largest absolute Gasteiger partial charge is 0.389 e. The molecule has 3 rings (SSSR count). The van der Waals surface area contributed by atoms with E-state index in [1.54, 1.807) is 7.11 Å². The van der Waals surface area contributed by atoms with Crippen molar-refractivity contribution in [3.8, 4) is 0 Å². The van der Waals surface area contributed by atoms with Crippen molar-refractivity contribution in [3.05, 3.63) is 41.6 Å². The summed E-state index contributed by atoms with van der Waals surface area (Å²) in [5, 5.41) is 11.1. The predicted octanol–water partition coefficient (Wildman–Crippen LogP) is 2.57. The highest BCUT2D eigenvalue weighted by Crippen LogP contribution is 2.29. The average molecular weight is 300 g/mol. The van der Waals surface area contributed by atoms with Crippen molar-refractivity contribution < 1.29 is 9.84 Å². The minimum atomic E-state index is -0.406. The lowest BCUT2D eigenvalue weighted by atomic mass is 9.98. The van der Waals surface area contributed by atoms with Crippen LogP contribution in [0.3, 0.4) is 0 Å². The van der Waals surface area contributed by atoms with Crippen molar-refractivity contribution in [2.45, 2.75) is 19.4 Å². The first-order valence-electron chi connectivity index (χ1n) is 7.84. The molecule has 4 nitrogen and oxygen atoms in total. The Hall–Kier alpha value is -1.62. The zero-order valence-corrected chi connectivity index (χ0v) is 13.3. The summed E-state index contributed by atoms with van der Waals surface area (Å²) < 4.78 is 4.99. The van der Waals surface area contributed by atoms with Crippen LogP contribution in [0.15, 0.2) is 30.5 Å². The molecule has 0 unspecified atom stereocenters. The van der Waals surface area contributed by atoms with Gasteiger partial charge in [-0.2, -0.15) is 0 Å². The fraction of sp³-hybridized carbons (Fsp3) is 0.444. The lowest BCUT2D eigenvalue weighted by molar-refractivity contribution is 0.0401. The number of methoxy groups -OCH3 is 1. The number of nitrogens with zero attached hydrogens (tertiary/aromatic N) is 1. The van der Waals surface area contributed by atoms with E-state index < -0.39 is 6.10 Å². The van der Waals surface area contributed by atoms with Gasteiger partial charge in [-0.3, -0.25) is 4.90 Å². The number of aryl methyl sites for hydroxylation is 1. The second-order valence-corrected chi connectivity index (χ2v) is 6.10. The van der Waals surface area contributed by atoms with Crippen LogP contribution in [0.4, 0.5) is 0 Å². The first-order chi connectivity index (χ1) is 10.7. The van der Waals surface area contributed by atoms with Crippen LogP contribution in [0.5, 0.6) is 0 Å². The van der Waals surface area contributed by atoms with E-state index in [1.165, 1.54) is 27.6 Å². The number of aliphatic hydroxyl groups is 1. The maximum Gasteiger partial charge on any atom is 0.0900 e. The number of benzene rings is 1. The van der Waals surface area contributed by atoms with Crippen LogP contribution < -0.4 is 0 Å². The number of hydrogen-bond donors (Lipinski definition) is 2. The highest BCUT2D eigenvalue weighted by Gasteiger charge is 2.17. The van der Waals surface area contributed by atoms with Crippen LogP contribution >= 0.6 is 0 Å². The molecule has 22 heavy (non-hydrogen) atoms. The van der Waals surface area contributed by atoms with Gasteiger partial charge in [-0.1, -0.05) is 18.2 Å². The SMILES string of the molecule is COC[C@H](O)CN1CC=C(c2c[nH]c3cc(C)ccc23)CC1. The number of hydrogen-bond acceptors (Lipinski definition) is 3. The van der Waals surface area contributed by atoms with Crippen LogP contribution in [0.2, 0.25) is 0 Å². The first-order valence-corrected chi connectivity index (χ1v) is 7.84. The molecule has 0 spiro atoms. The summed E-state index contributed by atoms with van der Waals surface area (Å²) in [6.45, 7) is 5.04. The molecule has 1 atom stereocenters. The molecular formula is C18H24N2O2. The summed E-state index contributed by atoms with van der Waals surface area (Å²) in [7, 11) is 1.62. The third-order valence-electron chi connectivity index (χ3n) is 4.30. The van der Waals surface area contributed by atoms with E-state index in [1.807, 2.05) is 0 Å². The van der Waals surface area contributed by atoms with Gasteiger partial charge < -0.3 is 14.8 Å². The number of nitrogens with one attached hydrogen (secondary N) is 1. The number of ether oxygens (including phenoxy) is 1. The van der Waals surface area contributed by atoms with Crippen LogP contribution in [0.1, 0.15) is 17.5 Å². The smallest absolute Gasteiger partial charge is 0.0900 e. The number of aromatic amines is 1. The van der Waals surface area contributed by atoms with Gasteiger partial charge in [0.2, 0.25) is 0 Å². The van der Waals surface area contributed by atoms with Gasteiger partial charge in [0.15, 0.2) is 0 Å². The zero-order chi connectivity index (χ0) is 15.5. The quantitative estimate of drug-likeness (QED) is 0.892. The molecule has 0 fully saturated rings. The van der Waals surface area contributed by atoms with E-state index in [0.29, 0.717) is 13.2 Å². The number of aliphatic hydroxyl groups excluding tert-OH is 1. The van der Waals surface area contributed by atoms with Crippen LogP contribution in [-0.2, 0) is 4.74 Å². The minimum absolute atomic E-state index is 0.398. The molecule has 1 aromatic carbocycles. The Morgan fingerprint density at radius 3 is 3.00 bits per heavy atom. The predicted molar refractivity (Wildman–Crippen MR) is 90.0 cm³/mol. The maximum atomic E-state index is 9.83. The number of H-pyrrole nitrogens is 1. The van der Waals surface area contributed by atoms with E-state index >= 15 is 0 Å². The number of rotatable bonds is 5. The maximum absolute atomic E-state index is 9.83. The fourth-order valence-corrected chi connectivity index (χ4v) is 3.17. The Morgan fingerprint density at radius 2 is 2.27 bits per heavy atom. The van der Waals surface area contributed by atoms with E-state index in [4.69, 9.17) is 4.74 Å². The third kappa shape index (κ3) is 3.24. The Kier molecular flexibility index (Phi) is 4.62. The Bertz CT molecular complexity index is 675. The topological polar surface area (TPSA) is 48.5 Å². The summed E-state index contributed by atoms with van der Waals surface area (Å²) in [6, 6.07) is 6.55. The van der Waals surface area contributed by atoms with Crippen molar-refractivity contribution in [1.29, 1.82) is 0 Å². The van der Waals surface area contributed by atoms with Crippen LogP contribution in [-0.4, -0.2) is 54.4 Å². The van der Waals surface area contributed by atoms with Crippen molar-refractivity contribution in [2.24, 2.45) is 0 Å². The molecule has 1 aromatic heterocycles. The van der Waals surface area contributed by atoms with Crippen molar-refractivity contribution in [1.82, 2.24) is 9.88 Å². The van der Waals surface area contributed by atoms with Gasteiger partial charge in [0.05, 0.1) is 12.7 Å². The summed E-state index contributed by atoms with van der Waals surface area (Å²) in [4.78, 5) is 5.65. The van der Waals surface area contributed by atoms with Gasteiger partial charge in [0.1, 0.15) is 0 Å². The standard InChI is InChI=1S/C18H24N2O2/c1-13-3-4-16-17(10-19-18(16)9-13)14-5-7-20(8-6-14)11-15(21)12-22-2/h3-5,9-10,15,19,21H,6-8,11-12H2,1-2H3/t15-/m1/s1. The molecule has 2 N–H and O–H groups in total. The molecule has 0 saturated heterocycles. The number of β-amino-alcohol motifs (C(OH)–C–C–N with tert-alkyl or cyclic N) is 1. The van der Waals surface area contributed by atoms with Gasteiger partial charge >= 0.3 is 0 Å². The van der Waals surface area contributed by atoms with Gasteiger partial charge in [-0.15, -0.1) is 0 Å². The second-order valence-electron chi connectivity index (χ2n) is 6.10. The molecule has 1 aliphatic heterocycles. The van der Waals surface area contributed by atoms with E-state index in [2.05, 4.69) is 47.3 Å². The molecule has 2 heterocycles. The molecule has 0 aliphatic carbocycles. The Labute approximate surface area is 131 Å². The Balaban J connectivity index is 1.72. The van der Waals surface area contributed by atoms with E-state index in [0.717, 1.165) is 19.5 Å². The average Bonchev–Trinajstić information content (AvgIpc) is 2.91. The van der Waals surface area contributed by atoms with Crippen molar-refractivity contribution in [2.75, 3.05) is 33.4 Å². The van der Waals surface area contributed by atoms with Gasteiger partial charge in [0.25, 0.3) is 0 Å². The lowest BCUT2D eigenvalue weighted by Gasteiger charge is -2.28. The Morgan fingerprint density at radius 1 is 1.41 bits per heavy atom. The van der Waals surface area contributed by atoms with Crippen LogP contribution in [0.25, 0.3) is 16.5 Å². The molecule has 0 saturated carbocycles. The normalized spacial score (nSPS) is 17.7. The first kappa shape index (κ1) is 15.3. The monoisotopic (exact) mass is 300 g/mol. The third-order valence-corrected chi connectivity index (χ3v) is 4.30. The molecule has 0 radical (unpaired) electrons. The van der Waals surface area contributed by atoms with Gasteiger partial charge in [-0.05, 0) is 30.5 Å². The minimum Gasteiger partial charge on any atom is -0.389 e. The summed E-state index contributed by atoms with van der Waals surface area (Å²) in [5.41, 5.74) is 5.19. The molecule has 0 amide bonds. The van der Waals surface area contributed by atoms with Crippen LogP contribution in [0, 0.1) is 6.92 Å². The van der Waals surface area contributed by atoms with E-state index in [9.17, 15) is 5.11 Å². The van der Waals surface area contributed by atoms with Gasteiger partial charge in [-0.25, -0.2) is 0 Å². The molecule has 1 aliphatic rings. The van der Waals surface area contributed by atoms with E-state index in [-0.39, 0.29) is 0 Å². The lowest BCUT2D eigenvalue weighted by Crippen LogP contribution is -2.37. The molecular weight excluding hydrogens is 276 g/mol. The molecule has 118 valence electrons. The number of aromatic nitrogens is 1. The van der Waals surface area contributed by atoms with Crippen molar-refractivity contribution >= 4 is 16.5 Å². The summed E-state index contributed by atoms with van der Waals surface area (Å²) in [6.07, 6.45) is 5.01. The van der Waals surface area contributed by atoms with Crippen molar-refractivity contribution in [3.63, 3.8) is 0 Å². The second kappa shape index (κ2) is 6.65. The molecule has 2 aromatic rings. The molecule has 4 heteroatoms. The highest BCUT2D eigenvalue weighted by molar-refractivity contribution is 5.93. The highest BCUT2D eigenvalue weighted by atomic mass is 16.5. The fourth-order valence-electron chi connectivity index (χ4n) is 3.17.